The maximum atomic E-state index is 12.1. The number of rotatable bonds is 5. The first-order chi connectivity index (χ1) is 9.59. The molecule has 0 aliphatic heterocycles. The number of ether oxygens (including phenoxy) is 1. The molecule has 4 nitrogen and oxygen atoms in total. The highest BCUT2D eigenvalue weighted by Gasteiger charge is 2.45. The summed E-state index contributed by atoms with van der Waals surface area (Å²) in [6.07, 6.45) is 4.18. The van der Waals surface area contributed by atoms with Crippen molar-refractivity contribution in [3.63, 3.8) is 0 Å². The standard InChI is InChI=1S/C14H19ClN2O2S/c1-3-19-13(18)14(16-2)7-6-11(8-14)20-12-5-4-10(15)9-17-12/h4-5,9,11,16H,3,6-8H2,1-2H3. The minimum atomic E-state index is -0.542. The second-order valence-corrected chi connectivity index (χ2v) is 6.61. The van der Waals surface area contributed by atoms with Crippen LogP contribution in [0, 0.1) is 0 Å². The molecule has 2 rings (SSSR count). The van der Waals surface area contributed by atoms with E-state index in [4.69, 9.17) is 16.3 Å². The van der Waals surface area contributed by atoms with Crippen LogP contribution < -0.4 is 5.32 Å². The molecule has 0 radical (unpaired) electrons. The molecule has 1 saturated carbocycles. The second kappa shape index (κ2) is 6.78. The van der Waals surface area contributed by atoms with Gasteiger partial charge < -0.3 is 10.1 Å². The smallest absolute Gasteiger partial charge is 0.326 e. The van der Waals surface area contributed by atoms with Crippen molar-refractivity contribution in [3.05, 3.63) is 23.4 Å². The number of aromatic nitrogens is 1. The van der Waals surface area contributed by atoms with E-state index in [1.165, 1.54) is 0 Å². The van der Waals surface area contributed by atoms with Crippen LogP contribution in [-0.4, -0.2) is 35.4 Å². The number of pyridine rings is 1. The molecule has 1 aromatic heterocycles. The Morgan fingerprint density at radius 3 is 3.05 bits per heavy atom. The van der Waals surface area contributed by atoms with Crippen LogP contribution in [0.2, 0.25) is 5.02 Å². The van der Waals surface area contributed by atoms with Gasteiger partial charge in [0.25, 0.3) is 0 Å². The number of nitrogens with one attached hydrogen (secondary N) is 1. The average molecular weight is 315 g/mol. The lowest BCUT2D eigenvalue weighted by atomic mass is 9.98. The van der Waals surface area contributed by atoms with Crippen LogP contribution in [0.1, 0.15) is 26.2 Å². The Kier molecular flexibility index (Phi) is 5.29. The SMILES string of the molecule is CCOC(=O)C1(NC)CCC(Sc2ccc(Cl)cn2)C1. The summed E-state index contributed by atoms with van der Waals surface area (Å²) >= 11 is 7.52. The number of hydrogen-bond acceptors (Lipinski definition) is 5. The highest BCUT2D eigenvalue weighted by Crippen LogP contribution is 2.40. The van der Waals surface area contributed by atoms with Crippen molar-refractivity contribution in [1.82, 2.24) is 10.3 Å². The molecule has 0 amide bonds. The molecule has 20 heavy (non-hydrogen) atoms. The first-order valence-electron chi connectivity index (χ1n) is 6.74. The van der Waals surface area contributed by atoms with Crippen molar-refractivity contribution in [1.29, 1.82) is 0 Å². The number of carbonyl (C=O) groups excluding carboxylic acids is 1. The number of thioether (sulfide) groups is 1. The highest BCUT2D eigenvalue weighted by molar-refractivity contribution is 7.99. The summed E-state index contributed by atoms with van der Waals surface area (Å²) in [6.45, 7) is 2.25. The zero-order valence-corrected chi connectivity index (χ0v) is 13.3. The summed E-state index contributed by atoms with van der Waals surface area (Å²) in [7, 11) is 1.82. The van der Waals surface area contributed by atoms with Crippen molar-refractivity contribution in [2.75, 3.05) is 13.7 Å². The molecular weight excluding hydrogens is 296 g/mol. The van der Waals surface area contributed by atoms with Gasteiger partial charge in [-0.1, -0.05) is 11.6 Å². The molecule has 1 aliphatic carbocycles. The Labute approximate surface area is 128 Å². The molecule has 0 spiro atoms. The third-order valence-corrected chi connectivity index (χ3v) is 5.04. The average Bonchev–Trinajstić information content (AvgIpc) is 2.86. The summed E-state index contributed by atoms with van der Waals surface area (Å²) in [6, 6.07) is 3.75. The Bertz CT molecular complexity index is 469. The first kappa shape index (κ1) is 15.6. The maximum Gasteiger partial charge on any atom is 0.326 e. The van der Waals surface area contributed by atoms with E-state index in [9.17, 15) is 4.79 Å². The highest BCUT2D eigenvalue weighted by atomic mass is 35.5. The van der Waals surface area contributed by atoms with Gasteiger partial charge in [-0.25, -0.2) is 4.98 Å². The van der Waals surface area contributed by atoms with Crippen molar-refractivity contribution in [2.24, 2.45) is 0 Å². The molecule has 2 unspecified atom stereocenters. The predicted molar refractivity (Wildman–Crippen MR) is 81.2 cm³/mol. The molecule has 1 N–H and O–H groups in total. The summed E-state index contributed by atoms with van der Waals surface area (Å²) in [4.78, 5) is 16.4. The van der Waals surface area contributed by atoms with E-state index in [0.29, 0.717) is 16.9 Å². The third-order valence-electron chi connectivity index (χ3n) is 3.60. The topological polar surface area (TPSA) is 51.2 Å². The van der Waals surface area contributed by atoms with Gasteiger partial charge in [0.05, 0.1) is 16.7 Å². The van der Waals surface area contributed by atoms with Crippen LogP contribution >= 0.6 is 23.4 Å². The van der Waals surface area contributed by atoms with Gasteiger partial charge in [-0.2, -0.15) is 0 Å². The van der Waals surface area contributed by atoms with Gasteiger partial charge in [0.15, 0.2) is 0 Å². The zero-order chi connectivity index (χ0) is 14.6. The van der Waals surface area contributed by atoms with E-state index in [1.54, 1.807) is 18.0 Å². The normalized spacial score (nSPS) is 25.6. The van der Waals surface area contributed by atoms with Gasteiger partial charge in [0.1, 0.15) is 5.54 Å². The van der Waals surface area contributed by atoms with Crippen molar-refractivity contribution >= 4 is 29.3 Å². The summed E-state index contributed by atoms with van der Waals surface area (Å²) in [5.41, 5.74) is -0.542. The van der Waals surface area contributed by atoms with Gasteiger partial charge in [-0.3, -0.25) is 4.79 Å². The van der Waals surface area contributed by atoms with Crippen LogP contribution in [0.25, 0.3) is 0 Å². The van der Waals surface area contributed by atoms with Gasteiger partial charge in [-0.15, -0.1) is 11.8 Å². The van der Waals surface area contributed by atoms with E-state index in [1.807, 2.05) is 26.1 Å². The van der Waals surface area contributed by atoms with Gasteiger partial charge in [-0.05, 0) is 45.4 Å². The van der Waals surface area contributed by atoms with E-state index < -0.39 is 5.54 Å². The molecule has 0 aromatic carbocycles. The van der Waals surface area contributed by atoms with Gasteiger partial charge in [0, 0.05) is 11.4 Å². The predicted octanol–water partition coefficient (Wildman–Crippen LogP) is 2.90. The Morgan fingerprint density at radius 2 is 2.45 bits per heavy atom. The number of likely N-dealkylation sites (N-methyl/N-ethyl adjacent to an activating group) is 1. The Morgan fingerprint density at radius 1 is 1.65 bits per heavy atom. The molecule has 110 valence electrons. The minimum Gasteiger partial charge on any atom is -0.465 e. The second-order valence-electron chi connectivity index (χ2n) is 4.85. The summed E-state index contributed by atoms with van der Waals surface area (Å²) in [5, 5.41) is 5.10. The first-order valence-corrected chi connectivity index (χ1v) is 8.00. The molecule has 1 heterocycles. The zero-order valence-electron chi connectivity index (χ0n) is 11.7. The third kappa shape index (κ3) is 3.45. The monoisotopic (exact) mass is 314 g/mol. The van der Waals surface area contributed by atoms with Crippen LogP contribution in [0.5, 0.6) is 0 Å². The van der Waals surface area contributed by atoms with Crippen molar-refractivity contribution in [3.8, 4) is 0 Å². The molecule has 1 fully saturated rings. The molecule has 2 atom stereocenters. The van der Waals surface area contributed by atoms with Crippen LogP contribution in [-0.2, 0) is 9.53 Å². The number of nitrogens with zero attached hydrogens (tertiary/aromatic N) is 1. The lowest BCUT2D eigenvalue weighted by molar-refractivity contribution is -0.150. The molecule has 6 heteroatoms. The fourth-order valence-electron chi connectivity index (χ4n) is 2.49. The number of carbonyl (C=O) groups is 1. The van der Waals surface area contributed by atoms with E-state index in [2.05, 4.69) is 10.3 Å². The Balaban J connectivity index is 2.00. The van der Waals surface area contributed by atoms with Gasteiger partial charge in [0.2, 0.25) is 0 Å². The quantitative estimate of drug-likeness (QED) is 0.847. The Hall–Kier alpha value is -0.780. The minimum absolute atomic E-state index is 0.144. The molecule has 1 aliphatic rings. The number of esters is 1. The van der Waals surface area contributed by atoms with E-state index in [-0.39, 0.29) is 5.97 Å². The lowest BCUT2D eigenvalue weighted by Crippen LogP contribution is -2.49. The van der Waals surface area contributed by atoms with Crippen molar-refractivity contribution in [2.45, 2.75) is 42.0 Å². The molecule has 0 bridgehead atoms. The fraction of sp³-hybridized carbons (Fsp3) is 0.571. The summed E-state index contributed by atoms with van der Waals surface area (Å²) < 4.78 is 5.19. The number of halogens is 1. The van der Waals surface area contributed by atoms with E-state index >= 15 is 0 Å². The van der Waals surface area contributed by atoms with Crippen LogP contribution in [0.4, 0.5) is 0 Å². The molecular formula is C14H19ClN2O2S. The van der Waals surface area contributed by atoms with Crippen LogP contribution in [0.15, 0.2) is 23.4 Å². The molecule has 1 aromatic rings. The van der Waals surface area contributed by atoms with E-state index in [0.717, 1.165) is 24.3 Å². The van der Waals surface area contributed by atoms with Crippen LogP contribution in [0.3, 0.4) is 0 Å². The number of hydrogen-bond donors (Lipinski definition) is 1. The fourth-order valence-corrected chi connectivity index (χ4v) is 3.80. The largest absolute Gasteiger partial charge is 0.465 e. The maximum absolute atomic E-state index is 12.1. The van der Waals surface area contributed by atoms with Gasteiger partial charge >= 0.3 is 5.97 Å². The van der Waals surface area contributed by atoms with Crippen molar-refractivity contribution < 1.29 is 9.53 Å². The lowest BCUT2D eigenvalue weighted by Gasteiger charge is -2.26. The summed E-state index contributed by atoms with van der Waals surface area (Å²) in [5.74, 6) is -0.144. The molecule has 0 saturated heterocycles.